The lowest BCUT2D eigenvalue weighted by molar-refractivity contribution is -0.154. The Morgan fingerprint density at radius 2 is 1.45 bits per heavy atom. The average molecular weight is 453 g/mol. The predicted octanol–water partition coefficient (Wildman–Crippen LogP) is 6.74. The van der Waals surface area contributed by atoms with Crippen molar-refractivity contribution in [1.82, 2.24) is 0 Å². The van der Waals surface area contributed by atoms with Crippen LogP contribution in [0.2, 0.25) is 0 Å². The van der Waals surface area contributed by atoms with Gasteiger partial charge in [0.25, 0.3) is 0 Å². The summed E-state index contributed by atoms with van der Waals surface area (Å²) in [5.41, 5.74) is 0.654. The summed E-state index contributed by atoms with van der Waals surface area (Å²) >= 11 is 0. The topological polar surface area (TPSA) is 51.2 Å². The molecule has 5 rings (SSSR count). The van der Waals surface area contributed by atoms with Gasteiger partial charge in [-0.3, -0.25) is 14.4 Å². The molecule has 3 nitrogen and oxygen atoms in total. The van der Waals surface area contributed by atoms with Gasteiger partial charge in [0.15, 0.2) is 11.6 Å². The minimum Gasteiger partial charge on any atom is -0.299 e. The zero-order valence-corrected chi connectivity index (χ0v) is 22.2. The molecule has 0 spiro atoms. The van der Waals surface area contributed by atoms with Gasteiger partial charge in [-0.25, -0.2) is 0 Å². The van der Waals surface area contributed by atoms with Crippen LogP contribution in [0.25, 0.3) is 0 Å². The fourth-order valence-electron chi connectivity index (χ4n) is 10.5. The number of Topliss-reactive ketones (excluding diaryl/α,β-unsaturated/α-hetero) is 3. The normalized spacial score (nSPS) is 49.0. The minimum atomic E-state index is -0.551. The number of carbonyl (C=O) groups excluding carboxylic acids is 3. The van der Waals surface area contributed by atoms with Crippen molar-refractivity contribution in [3.05, 3.63) is 11.1 Å². The number of hydrogen-bond acceptors (Lipinski definition) is 3. The van der Waals surface area contributed by atoms with Gasteiger partial charge in [0.1, 0.15) is 5.78 Å². The summed E-state index contributed by atoms with van der Waals surface area (Å²) in [7, 11) is 0. The Bertz CT molecular complexity index is 985. The molecule has 0 radical (unpaired) electrons. The number of ketones is 3. The van der Waals surface area contributed by atoms with Gasteiger partial charge in [-0.2, -0.15) is 0 Å². The van der Waals surface area contributed by atoms with Gasteiger partial charge < -0.3 is 0 Å². The second kappa shape index (κ2) is 6.70. The van der Waals surface area contributed by atoms with Crippen molar-refractivity contribution in [2.45, 2.75) is 107 Å². The van der Waals surface area contributed by atoms with Crippen molar-refractivity contribution in [2.24, 2.45) is 50.7 Å². The molecule has 5 aliphatic rings. The van der Waals surface area contributed by atoms with E-state index in [1.54, 1.807) is 0 Å². The van der Waals surface area contributed by atoms with Gasteiger partial charge in [-0.1, -0.05) is 55.4 Å². The molecule has 3 fully saturated rings. The molecule has 182 valence electrons. The summed E-state index contributed by atoms with van der Waals surface area (Å²) < 4.78 is 0. The second-order valence-corrected chi connectivity index (χ2v) is 14.3. The molecule has 0 amide bonds. The molecule has 3 saturated carbocycles. The van der Waals surface area contributed by atoms with Crippen molar-refractivity contribution in [2.75, 3.05) is 0 Å². The molecule has 33 heavy (non-hydrogen) atoms. The third-order valence-corrected chi connectivity index (χ3v) is 12.5. The first-order valence-corrected chi connectivity index (χ1v) is 13.5. The summed E-state index contributed by atoms with van der Waals surface area (Å²) in [6.45, 7) is 18.1. The first-order chi connectivity index (χ1) is 15.1. The summed E-state index contributed by atoms with van der Waals surface area (Å²) in [6, 6.07) is 0. The molecular formula is C30H44O3. The number of rotatable bonds is 1. The lowest BCUT2D eigenvalue weighted by Crippen LogP contribution is -2.62. The molecule has 0 heterocycles. The lowest BCUT2D eigenvalue weighted by atomic mass is 9.37. The van der Waals surface area contributed by atoms with E-state index in [4.69, 9.17) is 0 Å². The summed E-state index contributed by atoms with van der Waals surface area (Å²) in [6.07, 6.45) is 6.78. The lowest BCUT2D eigenvalue weighted by Gasteiger charge is -2.65. The highest BCUT2D eigenvalue weighted by atomic mass is 16.1. The third kappa shape index (κ3) is 2.61. The Morgan fingerprint density at radius 3 is 2.09 bits per heavy atom. The van der Waals surface area contributed by atoms with E-state index in [0.717, 1.165) is 24.0 Å². The van der Waals surface area contributed by atoms with E-state index in [1.807, 2.05) is 13.8 Å². The maximum Gasteiger partial charge on any atom is 0.160 e. The Morgan fingerprint density at radius 1 is 0.788 bits per heavy atom. The average Bonchev–Trinajstić information content (AvgIpc) is 3.07. The predicted molar refractivity (Wildman–Crippen MR) is 131 cm³/mol. The van der Waals surface area contributed by atoms with Crippen LogP contribution in [-0.4, -0.2) is 17.3 Å². The zero-order chi connectivity index (χ0) is 24.4. The number of hydrogen-bond donors (Lipinski definition) is 0. The van der Waals surface area contributed by atoms with Crippen LogP contribution >= 0.6 is 0 Å². The summed E-state index contributed by atoms with van der Waals surface area (Å²) in [5.74, 6) is 2.40. The van der Waals surface area contributed by atoms with Gasteiger partial charge in [0.05, 0.1) is 0 Å². The van der Waals surface area contributed by atoms with Crippen LogP contribution in [0.5, 0.6) is 0 Å². The highest BCUT2D eigenvalue weighted by Crippen LogP contribution is 2.74. The molecule has 0 bridgehead atoms. The van der Waals surface area contributed by atoms with Crippen LogP contribution in [-0.2, 0) is 14.4 Å². The number of fused-ring (bicyclic) bond motifs is 6. The summed E-state index contributed by atoms with van der Waals surface area (Å²) in [4.78, 5) is 41.0. The van der Waals surface area contributed by atoms with Gasteiger partial charge >= 0.3 is 0 Å². The van der Waals surface area contributed by atoms with Crippen molar-refractivity contribution in [3.63, 3.8) is 0 Å². The van der Waals surface area contributed by atoms with E-state index in [9.17, 15) is 14.4 Å². The van der Waals surface area contributed by atoms with Gasteiger partial charge in [-0.05, 0) is 66.6 Å². The first-order valence-electron chi connectivity index (χ1n) is 13.5. The highest BCUT2D eigenvalue weighted by Gasteiger charge is 2.70. The standard InChI is InChI=1S/C30H44O3/c1-17(2)18-9-10-21-27(18,5)13-14-29(7)25-19(31)15-22-26(3,4)23(33)11-12-28(22,6)24(25)20(32)16-30(21,29)8/h17-18,21-22H,9-16H2,1-8H3/t18-,21-,22+,27-,28+,29-,30+/m1/s1. The fraction of sp³-hybridized carbons (Fsp3) is 0.833. The number of carbonyl (C=O) groups is 3. The van der Waals surface area contributed by atoms with E-state index in [1.165, 1.54) is 12.8 Å². The molecule has 0 saturated heterocycles. The molecule has 0 aromatic carbocycles. The summed E-state index contributed by atoms with van der Waals surface area (Å²) in [5, 5.41) is 0. The second-order valence-electron chi connectivity index (χ2n) is 14.3. The quantitative estimate of drug-likeness (QED) is 0.443. The van der Waals surface area contributed by atoms with Crippen molar-refractivity contribution >= 4 is 17.3 Å². The molecule has 0 unspecified atom stereocenters. The largest absolute Gasteiger partial charge is 0.299 e. The van der Waals surface area contributed by atoms with Crippen LogP contribution < -0.4 is 0 Å². The van der Waals surface area contributed by atoms with Crippen LogP contribution in [0.1, 0.15) is 107 Å². The Labute approximate surface area is 200 Å². The van der Waals surface area contributed by atoms with Crippen molar-refractivity contribution in [1.29, 1.82) is 0 Å². The molecule has 3 heteroatoms. The van der Waals surface area contributed by atoms with E-state index in [2.05, 4.69) is 41.5 Å². The molecule has 0 N–H and O–H groups in total. The van der Waals surface area contributed by atoms with Crippen molar-refractivity contribution < 1.29 is 14.4 Å². The molecular weight excluding hydrogens is 408 g/mol. The zero-order valence-electron chi connectivity index (χ0n) is 22.2. The highest BCUT2D eigenvalue weighted by molar-refractivity contribution is 6.12. The first kappa shape index (κ1) is 23.5. The fourth-order valence-corrected chi connectivity index (χ4v) is 10.5. The van der Waals surface area contributed by atoms with Crippen LogP contribution in [0, 0.1) is 50.7 Å². The molecule has 7 atom stereocenters. The van der Waals surface area contributed by atoms with Gasteiger partial charge in [-0.15, -0.1) is 0 Å². The maximum absolute atomic E-state index is 14.1. The Balaban J connectivity index is 1.68. The Hall–Kier alpha value is -1.25. The molecule has 0 aromatic rings. The maximum atomic E-state index is 14.1. The van der Waals surface area contributed by atoms with E-state index < -0.39 is 5.41 Å². The Kier molecular flexibility index (Phi) is 4.77. The number of allylic oxidation sites excluding steroid dienone is 2. The van der Waals surface area contributed by atoms with Crippen LogP contribution in [0.4, 0.5) is 0 Å². The van der Waals surface area contributed by atoms with E-state index in [-0.39, 0.29) is 44.9 Å². The molecule has 0 aromatic heterocycles. The van der Waals surface area contributed by atoms with E-state index in [0.29, 0.717) is 43.4 Å². The van der Waals surface area contributed by atoms with Gasteiger partial charge in [0.2, 0.25) is 0 Å². The van der Waals surface area contributed by atoms with Gasteiger partial charge in [0, 0.05) is 46.7 Å². The van der Waals surface area contributed by atoms with Crippen molar-refractivity contribution in [3.8, 4) is 0 Å². The SMILES string of the molecule is CC(C)[C@H]1CC[C@@H]2[C@]1(C)CC[C@]1(C)C3=C(C(=O)C[C@@]21C)[C@@]1(C)CCC(=O)C(C)(C)[C@@H]1CC3=O. The van der Waals surface area contributed by atoms with Crippen LogP contribution in [0.3, 0.4) is 0 Å². The van der Waals surface area contributed by atoms with E-state index >= 15 is 0 Å². The third-order valence-electron chi connectivity index (χ3n) is 12.5. The monoisotopic (exact) mass is 452 g/mol. The van der Waals surface area contributed by atoms with Crippen LogP contribution in [0.15, 0.2) is 11.1 Å². The smallest absolute Gasteiger partial charge is 0.160 e. The molecule has 0 aliphatic heterocycles. The minimum absolute atomic E-state index is 0.0694. The molecule has 5 aliphatic carbocycles.